The molecule has 5 rings (SSSR count). The van der Waals surface area contributed by atoms with Crippen molar-refractivity contribution in [3.8, 4) is 5.75 Å². The van der Waals surface area contributed by atoms with Crippen LogP contribution in [-0.2, 0) is 11.2 Å². The number of likely N-dealkylation sites (N-methyl/N-ethyl adjacent to an activating group) is 1. The second-order valence-electron chi connectivity index (χ2n) is 12.5. The van der Waals surface area contributed by atoms with E-state index in [4.69, 9.17) is 4.74 Å². The van der Waals surface area contributed by atoms with Crippen molar-refractivity contribution in [3.05, 3.63) is 66.2 Å². The van der Waals surface area contributed by atoms with Crippen LogP contribution in [-0.4, -0.2) is 72.3 Å². The van der Waals surface area contributed by atoms with Gasteiger partial charge in [-0.05, 0) is 62.4 Å². The minimum Gasteiger partial charge on any atom is -0.488 e. The number of aliphatic hydroxyl groups excluding tert-OH is 1. The number of nitrogens with zero attached hydrogens (tertiary/aromatic N) is 2. The van der Waals surface area contributed by atoms with Crippen LogP contribution in [0, 0.1) is 11.8 Å². The molecule has 3 aromatic rings. The molecule has 3 atom stereocenters. The zero-order chi connectivity index (χ0) is 30.3. The monoisotopic (exact) mass is 586 g/mol. The predicted molar refractivity (Wildman–Crippen MR) is 173 cm³/mol. The van der Waals surface area contributed by atoms with Gasteiger partial charge < -0.3 is 30.3 Å². The van der Waals surface area contributed by atoms with E-state index >= 15 is 0 Å². The summed E-state index contributed by atoms with van der Waals surface area (Å²) in [4.78, 5) is 30.8. The first kappa shape index (κ1) is 30.8. The lowest BCUT2D eigenvalue weighted by Gasteiger charge is -2.35. The third kappa shape index (κ3) is 7.86. The van der Waals surface area contributed by atoms with Crippen molar-refractivity contribution in [1.29, 1.82) is 0 Å². The smallest absolute Gasteiger partial charge is 0.323 e. The van der Waals surface area contributed by atoms with Gasteiger partial charge in [0.25, 0.3) is 0 Å². The number of ether oxygens (including phenoxy) is 1. The Morgan fingerprint density at radius 1 is 1.05 bits per heavy atom. The summed E-state index contributed by atoms with van der Waals surface area (Å²) >= 11 is 0. The third-order valence-corrected chi connectivity index (χ3v) is 9.00. The van der Waals surface area contributed by atoms with Gasteiger partial charge >= 0.3 is 6.03 Å². The number of nitrogens with one attached hydrogen (secondary N) is 2. The molecule has 230 valence electrons. The highest BCUT2D eigenvalue weighted by atomic mass is 16.5. The van der Waals surface area contributed by atoms with Gasteiger partial charge in [0.05, 0.1) is 24.8 Å². The summed E-state index contributed by atoms with van der Waals surface area (Å²) in [6, 6.07) is 18.6. The molecule has 0 spiro atoms. The zero-order valence-corrected chi connectivity index (χ0v) is 25.7. The SMILES string of the molecule is C[C@@H]1CN([C@H](C)CO)C(=O)Cc2cc(NC(=O)Nc3cccc4ccccc34)ccc2O[C@H]1CN(C)CC1CCCCC1. The van der Waals surface area contributed by atoms with Crippen LogP contribution >= 0.6 is 0 Å². The maximum Gasteiger partial charge on any atom is 0.323 e. The van der Waals surface area contributed by atoms with E-state index in [-0.39, 0.29) is 43.0 Å². The third-order valence-electron chi connectivity index (χ3n) is 9.00. The molecule has 3 N–H and O–H groups in total. The molecule has 3 aromatic carbocycles. The molecule has 0 radical (unpaired) electrons. The molecule has 0 saturated heterocycles. The topological polar surface area (TPSA) is 94.1 Å². The van der Waals surface area contributed by atoms with Gasteiger partial charge in [-0.2, -0.15) is 0 Å². The van der Waals surface area contributed by atoms with Crippen molar-refractivity contribution in [2.75, 3.05) is 43.9 Å². The Labute approximate surface area is 255 Å². The van der Waals surface area contributed by atoms with Crippen LogP contribution in [0.2, 0.25) is 0 Å². The number of carbonyl (C=O) groups is 2. The van der Waals surface area contributed by atoms with Crippen LogP contribution in [0.15, 0.2) is 60.7 Å². The van der Waals surface area contributed by atoms with Crippen LogP contribution in [0.1, 0.15) is 51.5 Å². The first-order valence-corrected chi connectivity index (χ1v) is 15.7. The summed E-state index contributed by atoms with van der Waals surface area (Å²) in [5.74, 6) is 1.38. The van der Waals surface area contributed by atoms with Crippen LogP contribution in [0.5, 0.6) is 5.75 Å². The highest BCUT2D eigenvalue weighted by Crippen LogP contribution is 2.30. The molecule has 1 heterocycles. The van der Waals surface area contributed by atoms with Gasteiger partial charge in [-0.1, -0.05) is 62.6 Å². The molecule has 0 aromatic heterocycles. The number of amides is 3. The number of aliphatic hydroxyl groups is 1. The average Bonchev–Trinajstić information content (AvgIpc) is 3.04. The lowest BCUT2D eigenvalue weighted by atomic mass is 9.89. The Kier molecular flexibility index (Phi) is 10.2. The summed E-state index contributed by atoms with van der Waals surface area (Å²) in [6.07, 6.45) is 6.53. The van der Waals surface area contributed by atoms with Crippen LogP contribution < -0.4 is 15.4 Å². The first-order valence-electron chi connectivity index (χ1n) is 15.7. The second kappa shape index (κ2) is 14.2. The largest absolute Gasteiger partial charge is 0.488 e. The Hall–Kier alpha value is -3.62. The predicted octanol–water partition coefficient (Wildman–Crippen LogP) is 6.14. The van der Waals surface area contributed by atoms with E-state index in [0.717, 1.165) is 41.0 Å². The van der Waals surface area contributed by atoms with E-state index < -0.39 is 0 Å². The van der Waals surface area contributed by atoms with Crippen LogP contribution in [0.25, 0.3) is 10.8 Å². The number of urea groups is 1. The normalized spacial score (nSPS) is 20.5. The summed E-state index contributed by atoms with van der Waals surface area (Å²) in [5.41, 5.74) is 2.02. The fourth-order valence-electron chi connectivity index (χ4n) is 6.54. The molecular formula is C35H46N4O4. The maximum absolute atomic E-state index is 13.6. The maximum atomic E-state index is 13.6. The minimum atomic E-state index is -0.363. The molecule has 43 heavy (non-hydrogen) atoms. The molecule has 1 aliphatic carbocycles. The molecule has 2 aliphatic rings. The summed E-state index contributed by atoms with van der Waals surface area (Å²) < 4.78 is 6.69. The fourth-order valence-corrected chi connectivity index (χ4v) is 6.54. The first-order chi connectivity index (χ1) is 20.8. The van der Waals surface area contributed by atoms with Crippen molar-refractivity contribution in [2.45, 2.75) is 64.5 Å². The van der Waals surface area contributed by atoms with Gasteiger partial charge in [-0.15, -0.1) is 0 Å². The van der Waals surface area contributed by atoms with Gasteiger partial charge in [-0.25, -0.2) is 4.79 Å². The highest BCUT2D eigenvalue weighted by Gasteiger charge is 2.31. The van der Waals surface area contributed by atoms with Gasteiger partial charge in [0.2, 0.25) is 5.91 Å². The van der Waals surface area contributed by atoms with E-state index in [0.29, 0.717) is 18.0 Å². The molecule has 3 amide bonds. The number of hydrogen-bond donors (Lipinski definition) is 3. The Balaban J connectivity index is 1.35. The molecule has 0 bridgehead atoms. The number of hydrogen-bond acceptors (Lipinski definition) is 5. The van der Waals surface area contributed by atoms with Crippen molar-refractivity contribution >= 4 is 34.1 Å². The molecule has 1 aliphatic heterocycles. The van der Waals surface area contributed by atoms with Crippen molar-refractivity contribution in [3.63, 3.8) is 0 Å². The number of fused-ring (bicyclic) bond motifs is 2. The molecule has 8 heteroatoms. The van der Waals surface area contributed by atoms with E-state index in [1.807, 2.05) is 67.6 Å². The van der Waals surface area contributed by atoms with E-state index in [1.54, 1.807) is 4.90 Å². The lowest BCUT2D eigenvalue weighted by molar-refractivity contribution is -0.134. The second-order valence-corrected chi connectivity index (χ2v) is 12.5. The number of benzene rings is 3. The summed E-state index contributed by atoms with van der Waals surface area (Å²) in [6.45, 7) is 6.21. The molecule has 1 saturated carbocycles. The highest BCUT2D eigenvalue weighted by molar-refractivity contribution is 6.06. The summed E-state index contributed by atoms with van der Waals surface area (Å²) in [5, 5.41) is 17.9. The van der Waals surface area contributed by atoms with Gasteiger partial charge in [-0.3, -0.25) is 4.79 Å². The zero-order valence-electron chi connectivity index (χ0n) is 25.7. The van der Waals surface area contributed by atoms with Crippen molar-refractivity contribution < 1.29 is 19.4 Å². The number of anilines is 2. The molecule has 1 fully saturated rings. The quantitative estimate of drug-likeness (QED) is 0.295. The lowest BCUT2D eigenvalue weighted by Crippen LogP contribution is -2.48. The van der Waals surface area contributed by atoms with E-state index in [1.165, 1.54) is 32.1 Å². The molecule has 0 unspecified atom stereocenters. The molecular weight excluding hydrogens is 540 g/mol. The van der Waals surface area contributed by atoms with Gasteiger partial charge in [0.1, 0.15) is 11.9 Å². The number of rotatable bonds is 8. The Morgan fingerprint density at radius 2 is 1.81 bits per heavy atom. The standard InChI is InChI=1S/C35H46N4O4/c1-24-20-39(25(2)23-40)34(41)19-28-18-29(36-35(42)37-31-15-9-13-27-12-7-8-14-30(27)31)16-17-32(28)43-33(24)22-38(3)21-26-10-5-4-6-11-26/h7-9,12-18,24-26,33,40H,4-6,10-11,19-23H2,1-3H3,(H2,36,37,42)/t24-,25-,33+/m1/s1. The fraction of sp³-hybridized carbons (Fsp3) is 0.486. The Morgan fingerprint density at radius 3 is 2.60 bits per heavy atom. The van der Waals surface area contributed by atoms with E-state index in [9.17, 15) is 14.7 Å². The van der Waals surface area contributed by atoms with Gasteiger partial charge in [0.15, 0.2) is 0 Å². The summed E-state index contributed by atoms with van der Waals surface area (Å²) in [7, 11) is 2.17. The molecule has 8 nitrogen and oxygen atoms in total. The van der Waals surface area contributed by atoms with Gasteiger partial charge in [0, 0.05) is 42.2 Å². The Bertz CT molecular complexity index is 1400. The van der Waals surface area contributed by atoms with Crippen molar-refractivity contribution in [1.82, 2.24) is 9.80 Å². The van der Waals surface area contributed by atoms with Crippen LogP contribution in [0.4, 0.5) is 16.2 Å². The average molecular weight is 587 g/mol. The number of carbonyl (C=O) groups excluding carboxylic acids is 2. The van der Waals surface area contributed by atoms with E-state index in [2.05, 4.69) is 29.5 Å². The van der Waals surface area contributed by atoms with Crippen LogP contribution in [0.3, 0.4) is 0 Å². The van der Waals surface area contributed by atoms with Crippen molar-refractivity contribution in [2.24, 2.45) is 11.8 Å². The minimum absolute atomic E-state index is 0.0574.